The smallest absolute Gasteiger partial charge is 0.309 e. The molecule has 0 aromatic heterocycles. The van der Waals surface area contributed by atoms with E-state index in [1.807, 2.05) is 0 Å². The Morgan fingerprint density at radius 1 is 1.27 bits per heavy atom. The first-order valence-corrected chi connectivity index (χ1v) is 5.38. The van der Waals surface area contributed by atoms with Crippen molar-refractivity contribution in [2.24, 2.45) is 23.7 Å². The molecule has 1 aliphatic rings. The minimum absolute atomic E-state index is 0. The molecule has 15 heavy (non-hydrogen) atoms. The first-order valence-electron chi connectivity index (χ1n) is 5.38. The number of carboxylic acids is 1. The molecule has 1 aliphatic carbocycles. The van der Waals surface area contributed by atoms with Gasteiger partial charge in [-0.1, -0.05) is 13.8 Å². The van der Waals surface area contributed by atoms with E-state index in [4.69, 9.17) is 10.2 Å². The monoisotopic (exact) mass is 236 g/mol. The van der Waals surface area contributed by atoms with E-state index >= 15 is 0 Å². The quantitative estimate of drug-likeness (QED) is 0.790. The van der Waals surface area contributed by atoms with Gasteiger partial charge in [-0.2, -0.15) is 0 Å². The fourth-order valence-corrected chi connectivity index (χ4v) is 2.77. The summed E-state index contributed by atoms with van der Waals surface area (Å²) in [5.41, 5.74) is 0. The van der Waals surface area contributed by atoms with Crippen LogP contribution in [0.5, 0.6) is 0 Å². The average molecular weight is 237 g/mol. The van der Waals surface area contributed by atoms with Gasteiger partial charge < -0.3 is 10.2 Å². The molecule has 2 N–H and O–H groups in total. The van der Waals surface area contributed by atoms with Gasteiger partial charge in [0, 0.05) is 0 Å². The highest BCUT2D eigenvalue weighted by molar-refractivity contribution is 5.85. The zero-order chi connectivity index (χ0) is 10.7. The molecule has 4 heteroatoms. The molecule has 0 aromatic rings. The molecule has 1 rings (SSSR count). The Balaban J connectivity index is 0.00000196. The number of hydrogen-bond acceptors (Lipinski definition) is 2. The normalized spacial score (nSPS) is 32.9. The molecule has 0 bridgehead atoms. The maximum atomic E-state index is 10.9. The maximum absolute atomic E-state index is 10.9. The van der Waals surface area contributed by atoms with Gasteiger partial charge in [-0.05, 0) is 37.0 Å². The van der Waals surface area contributed by atoms with Crippen LogP contribution in [0.3, 0.4) is 0 Å². The number of aliphatic carboxylic acids is 1. The summed E-state index contributed by atoms with van der Waals surface area (Å²) in [6, 6.07) is 0. The lowest BCUT2D eigenvalue weighted by molar-refractivity contribution is -0.146. The molecule has 0 radical (unpaired) electrons. The van der Waals surface area contributed by atoms with Gasteiger partial charge in [0.05, 0.1) is 12.5 Å². The Kier molecular flexibility index (Phi) is 6.22. The van der Waals surface area contributed by atoms with E-state index in [-0.39, 0.29) is 24.9 Å². The van der Waals surface area contributed by atoms with Crippen molar-refractivity contribution in [2.45, 2.75) is 33.1 Å². The zero-order valence-corrected chi connectivity index (χ0v) is 10.2. The standard InChI is InChI=1S/C11H20O3.ClH/c1-7-3-8(2)5-9(4-7)10(6-12)11(13)14;/h7-10,12H,3-6H2,1-2H3,(H,13,14);1H. The van der Waals surface area contributed by atoms with Gasteiger partial charge in [0.15, 0.2) is 0 Å². The summed E-state index contributed by atoms with van der Waals surface area (Å²) in [4.78, 5) is 10.9. The molecule has 0 aromatic carbocycles. The largest absolute Gasteiger partial charge is 0.481 e. The van der Waals surface area contributed by atoms with Gasteiger partial charge in [-0.15, -0.1) is 12.4 Å². The lowest BCUT2D eigenvalue weighted by Crippen LogP contribution is -2.32. The summed E-state index contributed by atoms with van der Waals surface area (Å²) in [6.07, 6.45) is 3.08. The van der Waals surface area contributed by atoms with Gasteiger partial charge >= 0.3 is 5.97 Å². The molecule has 3 nitrogen and oxygen atoms in total. The fourth-order valence-electron chi connectivity index (χ4n) is 2.77. The Bertz CT molecular complexity index is 198. The molecule has 0 spiro atoms. The molecule has 0 aliphatic heterocycles. The second-order valence-corrected chi connectivity index (χ2v) is 4.80. The minimum atomic E-state index is -0.848. The Morgan fingerprint density at radius 2 is 1.73 bits per heavy atom. The van der Waals surface area contributed by atoms with Crippen LogP contribution in [0.1, 0.15) is 33.1 Å². The second-order valence-electron chi connectivity index (χ2n) is 4.80. The average Bonchev–Trinajstić information content (AvgIpc) is 2.02. The molecule has 1 fully saturated rings. The number of halogens is 1. The van der Waals surface area contributed by atoms with Crippen molar-refractivity contribution in [1.82, 2.24) is 0 Å². The summed E-state index contributed by atoms with van der Waals surface area (Å²) in [6.45, 7) is 4.11. The predicted molar refractivity (Wildman–Crippen MR) is 61.1 cm³/mol. The summed E-state index contributed by atoms with van der Waals surface area (Å²) in [5.74, 6) is -0.0513. The topological polar surface area (TPSA) is 57.5 Å². The number of aliphatic hydroxyl groups is 1. The van der Waals surface area contributed by atoms with Crippen molar-refractivity contribution in [1.29, 1.82) is 0 Å². The van der Waals surface area contributed by atoms with Crippen molar-refractivity contribution in [3.8, 4) is 0 Å². The van der Waals surface area contributed by atoms with Crippen LogP contribution in [0, 0.1) is 23.7 Å². The highest BCUT2D eigenvalue weighted by Gasteiger charge is 2.33. The Morgan fingerprint density at radius 3 is 2.07 bits per heavy atom. The Hall–Kier alpha value is -0.280. The third-order valence-corrected chi connectivity index (χ3v) is 3.30. The number of carbonyl (C=O) groups is 1. The van der Waals surface area contributed by atoms with Gasteiger partial charge in [-0.25, -0.2) is 0 Å². The van der Waals surface area contributed by atoms with Crippen LogP contribution in [0.15, 0.2) is 0 Å². The van der Waals surface area contributed by atoms with Crippen LogP contribution >= 0.6 is 12.4 Å². The number of aliphatic hydroxyl groups excluding tert-OH is 1. The van der Waals surface area contributed by atoms with Crippen LogP contribution in [-0.2, 0) is 4.79 Å². The molecule has 0 heterocycles. The van der Waals surface area contributed by atoms with Crippen molar-refractivity contribution >= 4 is 18.4 Å². The van der Waals surface area contributed by atoms with Crippen molar-refractivity contribution in [2.75, 3.05) is 6.61 Å². The molecule has 3 atom stereocenters. The highest BCUT2D eigenvalue weighted by atomic mass is 35.5. The third kappa shape index (κ3) is 3.99. The van der Waals surface area contributed by atoms with Gasteiger partial charge in [-0.3, -0.25) is 4.79 Å². The summed E-state index contributed by atoms with van der Waals surface area (Å²) >= 11 is 0. The molecule has 3 unspecified atom stereocenters. The molecule has 1 saturated carbocycles. The lowest BCUT2D eigenvalue weighted by atomic mass is 9.72. The van der Waals surface area contributed by atoms with Crippen molar-refractivity contribution in [3.05, 3.63) is 0 Å². The van der Waals surface area contributed by atoms with Crippen LogP contribution < -0.4 is 0 Å². The Labute approximate surface area is 97.3 Å². The summed E-state index contributed by atoms with van der Waals surface area (Å²) in [7, 11) is 0. The first-order chi connectivity index (χ1) is 6.54. The van der Waals surface area contributed by atoms with Crippen LogP contribution in [-0.4, -0.2) is 22.8 Å². The van der Waals surface area contributed by atoms with Crippen LogP contribution in [0.2, 0.25) is 0 Å². The summed E-state index contributed by atoms with van der Waals surface area (Å²) < 4.78 is 0. The lowest BCUT2D eigenvalue weighted by Gasteiger charge is -2.34. The molecule has 90 valence electrons. The predicted octanol–water partition coefficient (Wildman–Crippen LogP) is 2.17. The van der Waals surface area contributed by atoms with E-state index in [1.54, 1.807) is 0 Å². The van der Waals surface area contributed by atoms with E-state index in [2.05, 4.69) is 13.8 Å². The van der Waals surface area contributed by atoms with Gasteiger partial charge in [0.1, 0.15) is 0 Å². The molecular weight excluding hydrogens is 216 g/mol. The second kappa shape index (κ2) is 6.33. The van der Waals surface area contributed by atoms with Gasteiger partial charge in [0.25, 0.3) is 0 Å². The summed E-state index contributed by atoms with van der Waals surface area (Å²) in [5, 5.41) is 18.0. The highest BCUT2D eigenvalue weighted by Crippen LogP contribution is 2.36. The zero-order valence-electron chi connectivity index (χ0n) is 9.35. The van der Waals surface area contributed by atoms with Crippen molar-refractivity contribution in [3.63, 3.8) is 0 Å². The fraction of sp³-hybridized carbons (Fsp3) is 0.909. The third-order valence-electron chi connectivity index (χ3n) is 3.30. The van der Waals surface area contributed by atoms with Crippen LogP contribution in [0.4, 0.5) is 0 Å². The van der Waals surface area contributed by atoms with Crippen LogP contribution in [0.25, 0.3) is 0 Å². The van der Waals surface area contributed by atoms with E-state index < -0.39 is 11.9 Å². The number of carboxylic acid groups (broad SMARTS) is 1. The first kappa shape index (κ1) is 14.7. The van der Waals surface area contributed by atoms with E-state index in [0.717, 1.165) is 12.8 Å². The number of rotatable bonds is 3. The van der Waals surface area contributed by atoms with Crippen molar-refractivity contribution < 1.29 is 15.0 Å². The minimum Gasteiger partial charge on any atom is -0.481 e. The number of hydrogen-bond donors (Lipinski definition) is 2. The molecule has 0 saturated heterocycles. The molecular formula is C11H21ClO3. The molecule has 0 amide bonds. The maximum Gasteiger partial charge on any atom is 0.309 e. The van der Waals surface area contributed by atoms with E-state index in [1.165, 1.54) is 6.42 Å². The van der Waals surface area contributed by atoms with E-state index in [9.17, 15) is 4.79 Å². The van der Waals surface area contributed by atoms with E-state index in [0.29, 0.717) is 11.8 Å². The van der Waals surface area contributed by atoms with Gasteiger partial charge in [0.2, 0.25) is 0 Å². The SMILES string of the molecule is CC1CC(C)CC(C(CO)C(=O)O)C1.Cl.